The maximum Gasteiger partial charge on any atom is 0.331 e. The number of ether oxygens (including phenoxy) is 3. The maximum absolute atomic E-state index is 11.9. The van der Waals surface area contributed by atoms with Gasteiger partial charge in [-0.3, -0.25) is 10.1 Å². The van der Waals surface area contributed by atoms with E-state index in [1.165, 1.54) is 29.5 Å². The van der Waals surface area contributed by atoms with Crippen LogP contribution in [0, 0.1) is 17.0 Å². The molecule has 2 heterocycles. The Morgan fingerprint density at radius 2 is 2.32 bits per heavy atom. The molecule has 3 rings (SSSR count). The molecule has 0 radical (unpaired) electrons. The van der Waals surface area contributed by atoms with Crippen molar-refractivity contribution in [1.29, 1.82) is 0 Å². The van der Waals surface area contributed by atoms with Gasteiger partial charge < -0.3 is 14.2 Å². The lowest BCUT2D eigenvalue weighted by Crippen LogP contribution is -2.14. The molecule has 0 N–H and O–H groups in total. The number of rotatable bonds is 5. The van der Waals surface area contributed by atoms with Crippen LogP contribution in [0.1, 0.15) is 21.6 Å². The summed E-state index contributed by atoms with van der Waals surface area (Å²) >= 11 is 1.53. The number of hydrogen-bond acceptors (Lipinski definition) is 7. The Balaban J connectivity index is 1.73. The van der Waals surface area contributed by atoms with Crippen LogP contribution < -0.4 is 4.74 Å². The molecule has 0 unspecified atom stereocenters. The van der Waals surface area contributed by atoms with E-state index >= 15 is 0 Å². The van der Waals surface area contributed by atoms with E-state index in [9.17, 15) is 14.9 Å². The van der Waals surface area contributed by atoms with E-state index in [-0.39, 0.29) is 25.7 Å². The van der Waals surface area contributed by atoms with E-state index in [4.69, 9.17) is 14.2 Å². The number of benzene rings is 1. The zero-order valence-electron chi connectivity index (χ0n) is 13.4. The molecule has 0 amide bonds. The minimum absolute atomic E-state index is 0.0588. The van der Waals surface area contributed by atoms with E-state index < -0.39 is 10.9 Å². The molecule has 25 heavy (non-hydrogen) atoms. The van der Waals surface area contributed by atoms with Crippen molar-refractivity contribution >= 4 is 29.1 Å². The van der Waals surface area contributed by atoms with Crippen LogP contribution >= 0.6 is 11.3 Å². The number of esters is 1. The summed E-state index contributed by atoms with van der Waals surface area (Å²) in [6.07, 6.45) is 3.03. The number of aryl methyl sites for hydroxylation is 1. The normalized spacial score (nSPS) is 13.3. The third kappa shape index (κ3) is 4.04. The highest BCUT2D eigenvalue weighted by atomic mass is 32.1. The Labute approximate surface area is 147 Å². The first kappa shape index (κ1) is 17.1. The van der Waals surface area contributed by atoms with Gasteiger partial charge in [0.05, 0.1) is 11.5 Å². The minimum atomic E-state index is -0.528. The van der Waals surface area contributed by atoms with Crippen LogP contribution in [0.5, 0.6) is 5.75 Å². The first-order valence-electron chi connectivity index (χ1n) is 7.44. The molecule has 0 atom stereocenters. The number of nitro benzene ring substituents is 1. The third-order valence-electron chi connectivity index (χ3n) is 3.62. The van der Waals surface area contributed by atoms with Crippen molar-refractivity contribution in [1.82, 2.24) is 0 Å². The lowest BCUT2D eigenvalue weighted by Gasteiger charge is -2.20. The number of nitrogens with zero attached hydrogens (tertiary/aromatic N) is 1. The van der Waals surface area contributed by atoms with Crippen LogP contribution in [0.25, 0.3) is 6.08 Å². The van der Waals surface area contributed by atoms with Gasteiger partial charge in [-0.1, -0.05) is 0 Å². The van der Waals surface area contributed by atoms with Crippen molar-refractivity contribution in [3.05, 3.63) is 61.3 Å². The van der Waals surface area contributed by atoms with E-state index in [0.29, 0.717) is 16.9 Å². The lowest BCUT2D eigenvalue weighted by atomic mass is 10.1. The smallest absolute Gasteiger partial charge is 0.331 e. The number of carbonyl (C=O) groups is 1. The highest BCUT2D eigenvalue weighted by Gasteiger charge is 2.21. The predicted octanol–water partition coefficient (Wildman–Crippen LogP) is 3.59. The monoisotopic (exact) mass is 361 g/mol. The standard InChI is InChI=1S/C17H15NO6S/c1-11-4-5-25-15(11)2-3-16(19)23-9-13-7-14(18(20)21)6-12-8-22-10-24-17(12)13/h2-7H,8-10H2,1H3/b3-2+. The van der Waals surface area contributed by atoms with Crippen LogP contribution in [-0.4, -0.2) is 17.7 Å². The molecule has 1 aliphatic heterocycles. The number of nitro groups is 1. The number of fused-ring (bicyclic) bond motifs is 1. The van der Waals surface area contributed by atoms with E-state index in [0.717, 1.165) is 10.4 Å². The third-order valence-corrected chi connectivity index (χ3v) is 4.61. The zero-order valence-corrected chi connectivity index (χ0v) is 14.2. The molecular formula is C17H15NO6S. The Kier molecular flexibility index (Phi) is 5.11. The van der Waals surface area contributed by atoms with Crippen molar-refractivity contribution in [3.63, 3.8) is 0 Å². The van der Waals surface area contributed by atoms with Gasteiger partial charge in [-0.25, -0.2) is 4.79 Å². The summed E-state index contributed by atoms with van der Waals surface area (Å²) in [5.74, 6) is -0.0529. The summed E-state index contributed by atoms with van der Waals surface area (Å²) in [5.41, 5.74) is 2.00. The fourth-order valence-electron chi connectivity index (χ4n) is 2.39. The molecule has 0 spiro atoms. The largest absolute Gasteiger partial charge is 0.467 e. The van der Waals surface area contributed by atoms with Crippen LogP contribution in [0.4, 0.5) is 5.69 Å². The molecule has 8 heteroatoms. The second-order valence-corrected chi connectivity index (χ2v) is 6.32. The van der Waals surface area contributed by atoms with Crippen LogP contribution in [0.3, 0.4) is 0 Å². The van der Waals surface area contributed by atoms with Crippen LogP contribution in [0.15, 0.2) is 29.7 Å². The topological polar surface area (TPSA) is 87.9 Å². The highest BCUT2D eigenvalue weighted by Crippen LogP contribution is 2.33. The first-order chi connectivity index (χ1) is 12.0. The summed E-state index contributed by atoms with van der Waals surface area (Å²) in [7, 11) is 0. The highest BCUT2D eigenvalue weighted by molar-refractivity contribution is 7.11. The summed E-state index contributed by atoms with van der Waals surface area (Å²) in [4.78, 5) is 23.4. The molecule has 0 fully saturated rings. The van der Waals surface area contributed by atoms with Gasteiger partial charge in [0.2, 0.25) is 0 Å². The fraction of sp³-hybridized carbons (Fsp3) is 0.235. The maximum atomic E-state index is 11.9. The lowest BCUT2D eigenvalue weighted by molar-refractivity contribution is -0.385. The van der Waals surface area contributed by atoms with Gasteiger partial charge in [-0.2, -0.15) is 0 Å². The average Bonchev–Trinajstić information content (AvgIpc) is 3.02. The Morgan fingerprint density at radius 1 is 1.48 bits per heavy atom. The number of carbonyl (C=O) groups excluding carboxylic acids is 1. The van der Waals surface area contributed by atoms with Gasteiger partial charge in [0.1, 0.15) is 12.4 Å². The van der Waals surface area contributed by atoms with Crippen molar-refractivity contribution in [2.75, 3.05) is 6.79 Å². The molecular weight excluding hydrogens is 346 g/mol. The fourth-order valence-corrected chi connectivity index (χ4v) is 3.21. The van der Waals surface area contributed by atoms with Crippen molar-refractivity contribution in [3.8, 4) is 5.75 Å². The van der Waals surface area contributed by atoms with Crippen molar-refractivity contribution in [2.24, 2.45) is 0 Å². The molecule has 7 nitrogen and oxygen atoms in total. The number of hydrogen-bond donors (Lipinski definition) is 0. The summed E-state index contributed by atoms with van der Waals surface area (Å²) in [6.45, 7) is 2.12. The molecule has 2 aromatic rings. The average molecular weight is 361 g/mol. The van der Waals surface area contributed by atoms with Gasteiger partial charge in [0.15, 0.2) is 6.79 Å². The second kappa shape index (κ2) is 7.45. The van der Waals surface area contributed by atoms with Gasteiger partial charge in [-0.15, -0.1) is 11.3 Å². The summed E-state index contributed by atoms with van der Waals surface area (Å²) < 4.78 is 15.7. The molecule has 0 saturated carbocycles. The van der Waals surface area contributed by atoms with E-state index in [2.05, 4.69) is 0 Å². The molecule has 130 valence electrons. The molecule has 0 bridgehead atoms. The van der Waals surface area contributed by atoms with Gasteiger partial charge in [-0.05, 0) is 30.0 Å². The minimum Gasteiger partial charge on any atom is -0.467 e. The zero-order chi connectivity index (χ0) is 17.8. The quantitative estimate of drug-likeness (QED) is 0.350. The Hall–Kier alpha value is -2.71. The molecule has 1 aromatic heterocycles. The molecule has 1 aromatic carbocycles. The predicted molar refractivity (Wildman–Crippen MR) is 91.3 cm³/mol. The van der Waals surface area contributed by atoms with Gasteiger partial charge >= 0.3 is 5.97 Å². The van der Waals surface area contributed by atoms with E-state index in [1.807, 2.05) is 18.4 Å². The number of non-ortho nitro benzene ring substituents is 1. The SMILES string of the molecule is Cc1ccsc1/C=C/C(=O)OCc1cc([N+](=O)[O-])cc2c1OCOC2. The Morgan fingerprint density at radius 3 is 3.04 bits per heavy atom. The van der Waals surface area contributed by atoms with Gasteiger partial charge in [0, 0.05) is 34.2 Å². The number of thiophene rings is 1. The Bertz CT molecular complexity index is 842. The van der Waals surface area contributed by atoms with Crippen molar-refractivity contribution in [2.45, 2.75) is 20.1 Å². The second-order valence-electron chi connectivity index (χ2n) is 5.37. The first-order valence-corrected chi connectivity index (χ1v) is 8.32. The van der Waals surface area contributed by atoms with Crippen molar-refractivity contribution < 1.29 is 23.9 Å². The molecule has 0 saturated heterocycles. The molecule has 0 aliphatic carbocycles. The van der Waals surface area contributed by atoms with Gasteiger partial charge in [0.25, 0.3) is 5.69 Å². The van der Waals surface area contributed by atoms with Crippen LogP contribution in [0.2, 0.25) is 0 Å². The summed E-state index contributed by atoms with van der Waals surface area (Å²) in [6, 6.07) is 4.72. The summed E-state index contributed by atoms with van der Waals surface area (Å²) in [5, 5.41) is 13.0. The van der Waals surface area contributed by atoms with Crippen LogP contribution in [-0.2, 0) is 27.5 Å². The van der Waals surface area contributed by atoms with E-state index in [1.54, 1.807) is 6.08 Å². The molecule has 1 aliphatic rings.